The number of carboxylic acid groups (broad SMARTS) is 1. The van der Waals surface area contributed by atoms with Gasteiger partial charge in [0, 0.05) is 21.9 Å². The second kappa shape index (κ2) is 12.8. The minimum Gasteiger partial charge on any atom is -0.493 e. The van der Waals surface area contributed by atoms with Crippen molar-refractivity contribution in [1.82, 2.24) is 4.98 Å². The summed E-state index contributed by atoms with van der Waals surface area (Å²) in [5.74, 6) is 2.05. The highest BCUT2D eigenvalue weighted by Gasteiger charge is 2.20. The molecular weight excluding hydrogens is 562 g/mol. The summed E-state index contributed by atoms with van der Waals surface area (Å²) < 4.78 is 17.9. The van der Waals surface area contributed by atoms with E-state index in [9.17, 15) is 9.90 Å². The number of aromatic nitrogens is 1. The molecule has 5 aromatic carbocycles. The topological polar surface area (TPSA) is 80.8 Å². The predicted octanol–water partition coefficient (Wildman–Crippen LogP) is 9.51. The van der Waals surface area contributed by atoms with Gasteiger partial charge in [0.25, 0.3) is 0 Å². The Morgan fingerprint density at radius 2 is 1.47 bits per heavy atom. The zero-order valence-corrected chi connectivity index (χ0v) is 25.1. The van der Waals surface area contributed by atoms with Crippen LogP contribution in [0.2, 0.25) is 0 Å². The standard InChI is InChI=1S/C39H35NO5/c41-39(42)45-38-34(21-10-24-43-35-22-7-14-26-11-1-5-17-30(26)35)33-20-9-19-32(37(33)40-38)29-16-4-3-13-28(29)25-44-36-23-8-15-27-12-2-6-18-31(27)36/h1,3-5,7-9,11,13-17,19-20,22-23,40H,2,6,10,12,18,21,24-25H2,(H,41,42). The molecule has 0 radical (unpaired) electrons. The summed E-state index contributed by atoms with van der Waals surface area (Å²) in [4.78, 5) is 15.0. The Kier molecular flexibility index (Phi) is 8.11. The van der Waals surface area contributed by atoms with Crippen LogP contribution in [0, 0.1) is 0 Å². The van der Waals surface area contributed by atoms with Gasteiger partial charge in [-0.2, -0.15) is 0 Å². The molecule has 0 amide bonds. The van der Waals surface area contributed by atoms with E-state index in [0.717, 1.165) is 68.3 Å². The van der Waals surface area contributed by atoms with Crippen molar-refractivity contribution >= 4 is 27.8 Å². The number of hydrogen-bond donors (Lipinski definition) is 2. The van der Waals surface area contributed by atoms with Crippen LogP contribution in [-0.4, -0.2) is 22.9 Å². The largest absolute Gasteiger partial charge is 0.512 e. The van der Waals surface area contributed by atoms with E-state index < -0.39 is 6.16 Å². The van der Waals surface area contributed by atoms with E-state index in [0.29, 0.717) is 26.1 Å². The van der Waals surface area contributed by atoms with Crippen molar-refractivity contribution in [2.75, 3.05) is 6.61 Å². The number of fused-ring (bicyclic) bond motifs is 3. The van der Waals surface area contributed by atoms with Crippen LogP contribution in [0.5, 0.6) is 17.4 Å². The van der Waals surface area contributed by atoms with Gasteiger partial charge in [-0.15, -0.1) is 0 Å². The van der Waals surface area contributed by atoms with Crippen molar-refractivity contribution in [3.63, 3.8) is 0 Å². The van der Waals surface area contributed by atoms with Gasteiger partial charge in [0.1, 0.15) is 18.1 Å². The van der Waals surface area contributed by atoms with Crippen molar-refractivity contribution in [2.45, 2.75) is 45.1 Å². The summed E-state index contributed by atoms with van der Waals surface area (Å²) in [6.07, 6.45) is 4.50. The summed E-state index contributed by atoms with van der Waals surface area (Å²) in [6, 6.07) is 34.9. The molecule has 0 fully saturated rings. The Morgan fingerprint density at radius 3 is 2.40 bits per heavy atom. The van der Waals surface area contributed by atoms with Crippen LogP contribution in [0.3, 0.4) is 0 Å². The van der Waals surface area contributed by atoms with Gasteiger partial charge in [-0.1, -0.05) is 91.0 Å². The molecule has 0 saturated heterocycles. The van der Waals surface area contributed by atoms with Gasteiger partial charge < -0.3 is 24.3 Å². The number of ether oxygens (including phenoxy) is 3. The van der Waals surface area contributed by atoms with Crippen LogP contribution in [0.25, 0.3) is 32.8 Å². The van der Waals surface area contributed by atoms with E-state index in [4.69, 9.17) is 14.2 Å². The Balaban J connectivity index is 1.15. The molecule has 2 N–H and O–H groups in total. The lowest BCUT2D eigenvalue weighted by Gasteiger charge is -2.20. The first kappa shape index (κ1) is 28.5. The quantitative estimate of drug-likeness (QED) is 0.121. The van der Waals surface area contributed by atoms with Crippen LogP contribution in [-0.2, 0) is 25.9 Å². The highest BCUT2D eigenvalue weighted by molar-refractivity contribution is 5.98. The number of rotatable bonds is 10. The van der Waals surface area contributed by atoms with Gasteiger partial charge in [-0.3, -0.25) is 0 Å². The van der Waals surface area contributed by atoms with Gasteiger partial charge in [-0.25, -0.2) is 4.79 Å². The third kappa shape index (κ3) is 5.96. The van der Waals surface area contributed by atoms with Gasteiger partial charge >= 0.3 is 6.16 Å². The first-order valence-electron chi connectivity index (χ1n) is 15.6. The molecule has 0 spiro atoms. The molecular formula is C39H35NO5. The first-order chi connectivity index (χ1) is 22.2. The van der Waals surface area contributed by atoms with E-state index in [1.807, 2.05) is 48.5 Å². The van der Waals surface area contributed by atoms with Crippen LogP contribution in [0.4, 0.5) is 4.79 Å². The zero-order chi connectivity index (χ0) is 30.6. The van der Waals surface area contributed by atoms with E-state index >= 15 is 0 Å². The monoisotopic (exact) mass is 597 g/mol. The summed E-state index contributed by atoms with van der Waals surface area (Å²) in [5, 5.41) is 12.7. The molecule has 0 atom stereocenters. The van der Waals surface area contributed by atoms with E-state index in [1.54, 1.807) is 0 Å². The number of para-hydroxylation sites is 1. The van der Waals surface area contributed by atoms with Gasteiger partial charge in [0.2, 0.25) is 5.88 Å². The number of nitrogens with one attached hydrogen (secondary N) is 1. The fraction of sp³-hybridized carbons (Fsp3) is 0.205. The molecule has 0 unspecified atom stereocenters. The zero-order valence-electron chi connectivity index (χ0n) is 25.1. The molecule has 45 heavy (non-hydrogen) atoms. The molecule has 1 aliphatic carbocycles. The van der Waals surface area contributed by atoms with Crippen LogP contribution in [0.1, 0.15) is 41.5 Å². The molecule has 1 aliphatic rings. The highest BCUT2D eigenvalue weighted by Crippen LogP contribution is 2.38. The van der Waals surface area contributed by atoms with Crippen molar-refractivity contribution in [3.8, 4) is 28.5 Å². The summed E-state index contributed by atoms with van der Waals surface area (Å²) in [6.45, 7) is 0.914. The Bertz CT molecular complexity index is 1990. The number of carbonyl (C=O) groups is 1. The second-order valence-electron chi connectivity index (χ2n) is 11.5. The minimum atomic E-state index is -1.35. The number of benzene rings is 5. The smallest absolute Gasteiger partial charge is 0.493 e. The maximum atomic E-state index is 11.7. The summed E-state index contributed by atoms with van der Waals surface area (Å²) >= 11 is 0. The second-order valence-corrected chi connectivity index (χ2v) is 11.5. The molecule has 1 aromatic heterocycles. The van der Waals surface area contributed by atoms with E-state index in [1.165, 1.54) is 24.0 Å². The third-order valence-electron chi connectivity index (χ3n) is 8.71. The average molecular weight is 598 g/mol. The van der Waals surface area contributed by atoms with Crippen molar-refractivity contribution in [3.05, 3.63) is 125 Å². The van der Waals surface area contributed by atoms with Crippen LogP contribution in [0.15, 0.2) is 103 Å². The molecule has 0 aliphatic heterocycles. The SMILES string of the molecule is O=C(O)Oc1[nH]c2c(-c3ccccc3COc3cccc4c3CCCC4)cccc2c1CCCOc1cccc2ccccc12. The van der Waals surface area contributed by atoms with E-state index in [-0.39, 0.29) is 5.88 Å². The fourth-order valence-electron chi connectivity index (χ4n) is 6.60. The normalized spacial score (nSPS) is 12.6. The third-order valence-corrected chi connectivity index (χ3v) is 8.71. The number of aryl methyl sites for hydroxylation is 2. The van der Waals surface area contributed by atoms with Crippen LogP contribution >= 0.6 is 0 Å². The fourth-order valence-corrected chi connectivity index (χ4v) is 6.60. The molecule has 226 valence electrons. The molecule has 1 heterocycles. The lowest BCUT2D eigenvalue weighted by atomic mass is 9.91. The lowest BCUT2D eigenvalue weighted by Crippen LogP contribution is -2.06. The molecule has 6 aromatic rings. The predicted molar refractivity (Wildman–Crippen MR) is 178 cm³/mol. The molecule has 6 heteroatoms. The van der Waals surface area contributed by atoms with Crippen molar-refractivity contribution in [2.24, 2.45) is 0 Å². The van der Waals surface area contributed by atoms with Gasteiger partial charge in [0.05, 0.1) is 12.1 Å². The Labute approximate surface area is 262 Å². The molecule has 0 bridgehead atoms. The summed E-state index contributed by atoms with van der Waals surface area (Å²) in [5.41, 5.74) is 7.43. The molecule has 0 saturated carbocycles. The summed E-state index contributed by atoms with van der Waals surface area (Å²) in [7, 11) is 0. The maximum absolute atomic E-state index is 11.7. The first-order valence-corrected chi connectivity index (χ1v) is 15.6. The van der Waals surface area contributed by atoms with Gasteiger partial charge in [-0.05, 0) is 78.3 Å². The van der Waals surface area contributed by atoms with Gasteiger partial charge in [0.15, 0.2) is 0 Å². The lowest BCUT2D eigenvalue weighted by molar-refractivity contribution is 0.142. The Morgan fingerprint density at radius 1 is 0.733 bits per heavy atom. The maximum Gasteiger partial charge on any atom is 0.512 e. The van der Waals surface area contributed by atoms with E-state index in [2.05, 4.69) is 59.6 Å². The minimum absolute atomic E-state index is 0.250. The molecule has 7 rings (SSSR count). The average Bonchev–Trinajstić information content (AvgIpc) is 3.42. The Hall–Kier alpha value is -5.23. The number of H-pyrrole nitrogens is 1. The highest BCUT2D eigenvalue weighted by atomic mass is 16.7. The van der Waals surface area contributed by atoms with Crippen molar-refractivity contribution in [1.29, 1.82) is 0 Å². The van der Waals surface area contributed by atoms with Crippen molar-refractivity contribution < 1.29 is 24.1 Å². The number of aromatic amines is 1. The molecule has 6 nitrogen and oxygen atoms in total. The van der Waals surface area contributed by atoms with Crippen LogP contribution < -0.4 is 14.2 Å². The number of hydrogen-bond acceptors (Lipinski definition) is 4.